The zero-order valence-electron chi connectivity index (χ0n) is 17.2. The molecule has 2 aromatic carbocycles. The number of aryl methyl sites for hydroxylation is 1. The number of pyridine rings is 1. The molecule has 0 N–H and O–H groups in total. The van der Waals surface area contributed by atoms with E-state index in [1.54, 1.807) is 7.11 Å². The zero-order valence-corrected chi connectivity index (χ0v) is 17.2. The van der Waals surface area contributed by atoms with E-state index in [9.17, 15) is 0 Å². The molecule has 0 fully saturated rings. The smallest absolute Gasteiger partial charge is 0.370 e. The predicted octanol–water partition coefficient (Wildman–Crippen LogP) is 4.69. The summed E-state index contributed by atoms with van der Waals surface area (Å²) in [5.41, 5.74) is 7.04. The summed E-state index contributed by atoms with van der Waals surface area (Å²) < 4.78 is 13.4. The van der Waals surface area contributed by atoms with Crippen LogP contribution >= 0.6 is 0 Å². The predicted molar refractivity (Wildman–Crippen MR) is 119 cm³/mol. The third-order valence-electron chi connectivity index (χ3n) is 5.42. The van der Waals surface area contributed by atoms with Crippen molar-refractivity contribution in [1.29, 1.82) is 0 Å². The fraction of sp³-hybridized carbons (Fsp3) is 0.120. The summed E-state index contributed by atoms with van der Waals surface area (Å²) >= 11 is 0. The van der Waals surface area contributed by atoms with Gasteiger partial charge in [0, 0.05) is 35.4 Å². The molecule has 0 radical (unpaired) electrons. The number of fused-ring (bicyclic) bond motifs is 2. The van der Waals surface area contributed by atoms with Gasteiger partial charge >= 0.3 is 11.5 Å². The van der Waals surface area contributed by atoms with Crippen LogP contribution in [0.1, 0.15) is 17.0 Å². The van der Waals surface area contributed by atoms with Crippen molar-refractivity contribution < 1.29 is 13.7 Å². The van der Waals surface area contributed by atoms with Gasteiger partial charge in [0.15, 0.2) is 0 Å². The molecule has 148 valence electrons. The van der Waals surface area contributed by atoms with Crippen molar-refractivity contribution in [3.05, 3.63) is 90.0 Å². The van der Waals surface area contributed by atoms with Crippen molar-refractivity contribution in [2.24, 2.45) is 7.05 Å². The second-order valence-corrected chi connectivity index (χ2v) is 7.30. The van der Waals surface area contributed by atoms with Gasteiger partial charge in [0.05, 0.1) is 26.0 Å². The fourth-order valence-corrected chi connectivity index (χ4v) is 3.84. The van der Waals surface area contributed by atoms with Crippen LogP contribution in [0, 0.1) is 0 Å². The van der Waals surface area contributed by atoms with Crippen LogP contribution < -0.4 is 14.2 Å². The number of oxazole rings is 1. The molecule has 30 heavy (non-hydrogen) atoms. The first kappa shape index (κ1) is 18.2. The molecule has 1 aliphatic heterocycles. The maximum atomic E-state index is 6.00. The Bertz CT molecular complexity index is 1300. The summed E-state index contributed by atoms with van der Waals surface area (Å²) in [5.74, 6) is 1.40. The van der Waals surface area contributed by atoms with Crippen LogP contribution in [0.5, 0.6) is 5.75 Å². The Hall–Kier alpha value is -3.86. The molecule has 0 unspecified atom stereocenters. The molecule has 1 aliphatic rings. The molecule has 0 aliphatic carbocycles. The minimum Gasteiger partial charge on any atom is -0.497 e. The van der Waals surface area contributed by atoms with Gasteiger partial charge in [-0.05, 0) is 41.5 Å². The number of aromatic nitrogens is 2. The van der Waals surface area contributed by atoms with Gasteiger partial charge in [0.2, 0.25) is 5.58 Å². The maximum absolute atomic E-state index is 6.00. The first-order valence-corrected chi connectivity index (χ1v) is 9.80. The summed E-state index contributed by atoms with van der Waals surface area (Å²) in [4.78, 5) is 6.87. The molecular formula is C25H22N3O2+. The lowest BCUT2D eigenvalue weighted by molar-refractivity contribution is -0.646. The van der Waals surface area contributed by atoms with E-state index in [0.717, 1.165) is 45.1 Å². The summed E-state index contributed by atoms with van der Waals surface area (Å²) in [6, 6.07) is 20.4. The first-order valence-electron chi connectivity index (χ1n) is 9.80. The number of anilines is 1. The molecule has 5 rings (SSSR count). The quantitative estimate of drug-likeness (QED) is 0.471. The molecule has 0 spiro atoms. The summed E-state index contributed by atoms with van der Waals surface area (Å²) in [7, 11) is 5.73. The van der Waals surface area contributed by atoms with Gasteiger partial charge < -0.3 is 14.1 Å². The third kappa shape index (κ3) is 3.05. The van der Waals surface area contributed by atoms with E-state index in [1.165, 1.54) is 0 Å². The number of methoxy groups -OCH3 is 1. The molecule has 5 heteroatoms. The van der Waals surface area contributed by atoms with E-state index in [4.69, 9.17) is 9.15 Å². The van der Waals surface area contributed by atoms with Crippen molar-refractivity contribution in [3.63, 3.8) is 0 Å². The highest BCUT2D eigenvalue weighted by Gasteiger charge is 2.23. The van der Waals surface area contributed by atoms with Gasteiger partial charge in [-0.15, -0.1) is 0 Å². The van der Waals surface area contributed by atoms with Crippen LogP contribution in [0.25, 0.3) is 28.6 Å². The number of allylic oxidation sites excluding steroid dienone is 2. The van der Waals surface area contributed by atoms with Crippen molar-refractivity contribution in [2.45, 2.75) is 0 Å². The van der Waals surface area contributed by atoms with Gasteiger partial charge in [-0.3, -0.25) is 0 Å². The average molecular weight is 396 g/mol. The lowest BCUT2D eigenvalue weighted by Crippen LogP contribution is -2.28. The van der Waals surface area contributed by atoms with Crippen molar-refractivity contribution in [3.8, 4) is 5.75 Å². The van der Waals surface area contributed by atoms with Crippen LogP contribution in [0.4, 0.5) is 5.69 Å². The highest BCUT2D eigenvalue weighted by Crippen LogP contribution is 2.41. The Balaban J connectivity index is 1.70. The van der Waals surface area contributed by atoms with Crippen LogP contribution in [0.3, 0.4) is 0 Å². The molecule has 3 heterocycles. The van der Waals surface area contributed by atoms with Crippen LogP contribution in [0.2, 0.25) is 0 Å². The Morgan fingerprint density at radius 2 is 1.90 bits per heavy atom. The Labute approximate surface area is 175 Å². The topological polar surface area (TPSA) is 42.4 Å². The van der Waals surface area contributed by atoms with Crippen LogP contribution in [-0.4, -0.2) is 19.1 Å². The van der Waals surface area contributed by atoms with E-state index in [1.807, 2.05) is 48.2 Å². The van der Waals surface area contributed by atoms with Gasteiger partial charge in [0.1, 0.15) is 5.75 Å². The van der Waals surface area contributed by atoms with Gasteiger partial charge in [-0.1, -0.05) is 30.3 Å². The second-order valence-electron chi connectivity index (χ2n) is 7.30. The van der Waals surface area contributed by atoms with E-state index in [2.05, 4.69) is 59.4 Å². The Morgan fingerprint density at radius 1 is 1.07 bits per heavy atom. The van der Waals surface area contributed by atoms with E-state index in [-0.39, 0.29) is 0 Å². The van der Waals surface area contributed by atoms with Gasteiger partial charge in [-0.25, -0.2) is 4.57 Å². The van der Waals surface area contributed by atoms with E-state index >= 15 is 0 Å². The zero-order chi connectivity index (χ0) is 20.7. The van der Waals surface area contributed by atoms with Crippen molar-refractivity contribution in [2.75, 3.05) is 19.1 Å². The molecule has 4 aromatic rings. The number of hydrogen-bond donors (Lipinski definition) is 0. The highest BCUT2D eigenvalue weighted by atomic mass is 16.5. The minimum absolute atomic E-state index is 0.580. The number of ether oxygens (including phenoxy) is 1. The van der Waals surface area contributed by atoms with Crippen LogP contribution in [0.15, 0.2) is 77.4 Å². The molecule has 0 atom stereocenters. The number of rotatable bonds is 3. The lowest BCUT2D eigenvalue weighted by Gasteiger charge is -2.30. The highest BCUT2D eigenvalue weighted by molar-refractivity contribution is 6.03. The number of nitrogens with zero attached hydrogens (tertiary/aromatic N) is 3. The largest absolute Gasteiger partial charge is 0.497 e. The van der Waals surface area contributed by atoms with Crippen molar-refractivity contribution in [1.82, 2.24) is 4.98 Å². The SMILES string of the molecule is COc1ccc2c(c1)N(C)C(c1ccccc1)=C/C2=C\c1nc2c(ccc[n+]2C)o1. The maximum Gasteiger partial charge on any atom is 0.370 e. The van der Waals surface area contributed by atoms with Gasteiger partial charge in [-0.2, -0.15) is 0 Å². The lowest BCUT2D eigenvalue weighted by atomic mass is 9.94. The molecule has 0 amide bonds. The molecule has 0 bridgehead atoms. The van der Waals surface area contributed by atoms with E-state index in [0.29, 0.717) is 5.89 Å². The molecular weight excluding hydrogens is 374 g/mol. The van der Waals surface area contributed by atoms with Crippen molar-refractivity contribution >= 4 is 34.3 Å². The molecule has 2 aromatic heterocycles. The normalized spacial score (nSPS) is 14.7. The third-order valence-corrected chi connectivity index (χ3v) is 5.42. The standard InChI is InChI=1S/C25H22N3O2/c1-27-13-7-10-23-25(27)26-24(30-23)15-18-14-21(17-8-5-4-6-9-17)28(2)22-16-19(29-3)11-12-20(18)22/h4-16H,1-3H3/q+1. The number of hydrogen-bond acceptors (Lipinski definition) is 4. The Morgan fingerprint density at radius 3 is 2.67 bits per heavy atom. The monoisotopic (exact) mass is 396 g/mol. The summed E-state index contributed by atoms with van der Waals surface area (Å²) in [6.07, 6.45) is 6.15. The summed E-state index contributed by atoms with van der Waals surface area (Å²) in [6.45, 7) is 0. The minimum atomic E-state index is 0.580. The molecule has 0 saturated heterocycles. The second kappa shape index (κ2) is 7.19. The fourth-order valence-electron chi connectivity index (χ4n) is 3.84. The Kier molecular flexibility index (Phi) is 4.36. The molecule has 5 nitrogen and oxygen atoms in total. The summed E-state index contributed by atoms with van der Waals surface area (Å²) in [5, 5.41) is 0. The first-order chi connectivity index (χ1) is 14.6. The number of benzene rings is 2. The average Bonchev–Trinajstić information content (AvgIpc) is 3.20. The van der Waals surface area contributed by atoms with Gasteiger partial charge in [0.25, 0.3) is 0 Å². The van der Waals surface area contributed by atoms with Crippen LogP contribution in [-0.2, 0) is 7.05 Å². The molecule has 0 saturated carbocycles. The van der Waals surface area contributed by atoms with E-state index < -0.39 is 0 Å².